The van der Waals surface area contributed by atoms with Crippen molar-refractivity contribution in [2.45, 2.75) is 47.1 Å². The molecule has 2 aromatic carbocycles. The number of carbonyl (C=O) groups excluding carboxylic acids is 2. The van der Waals surface area contributed by atoms with Crippen molar-refractivity contribution >= 4 is 23.2 Å². The van der Waals surface area contributed by atoms with Gasteiger partial charge in [-0.2, -0.15) is 0 Å². The number of nitrogens with zero attached hydrogens (tertiary/aromatic N) is 2. The van der Waals surface area contributed by atoms with Crippen molar-refractivity contribution in [3.05, 3.63) is 53.6 Å². The van der Waals surface area contributed by atoms with E-state index in [1.54, 1.807) is 31.4 Å². The maximum Gasteiger partial charge on any atom is 0.254 e. The maximum atomic E-state index is 13.2. The molecule has 0 saturated carbocycles. The molecule has 0 saturated heterocycles. The third kappa shape index (κ3) is 7.29. The summed E-state index contributed by atoms with van der Waals surface area (Å²) < 4.78 is 5.20. The van der Waals surface area contributed by atoms with Gasteiger partial charge in [-0.05, 0) is 59.9 Å². The molecule has 0 fully saturated rings. The number of benzene rings is 2. The first-order valence-corrected chi connectivity index (χ1v) is 11.1. The molecule has 0 bridgehead atoms. The molecular formula is C26H37N3O3. The fourth-order valence-electron chi connectivity index (χ4n) is 3.56. The van der Waals surface area contributed by atoms with Gasteiger partial charge in [0.1, 0.15) is 5.75 Å². The molecule has 0 heterocycles. The summed E-state index contributed by atoms with van der Waals surface area (Å²) in [5.41, 5.74) is 3.29. The minimum atomic E-state index is -0.0841. The number of carbonyl (C=O) groups is 2. The van der Waals surface area contributed by atoms with Crippen LogP contribution in [0.5, 0.6) is 5.75 Å². The lowest BCUT2D eigenvalue weighted by Crippen LogP contribution is -2.32. The zero-order chi connectivity index (χ0) is 23.9. The molecule has 0 unspecified atom stereocenters. The minimum Gasteiger partial charge on any atom is -0.497 e. The van der Waals surface area contributed by atoms with Crippen LogP contribution in [0.1, 0.15) is 56.5 Å². The van der Waals surface area contributed by atoms with Crippen LogP contribution in [-0.2, 0) is 11.3 Å². The molecule has 0 aliphatic rings. The lowest BCUT2D eigenvalue weighted by atomic mass is 9.92. The van der Waals surface area contributed by atoms with E-state index >= 15 is 0 Å². The van der Waals surface area contributed by atoms with Crippen LogP contribution in [0, 0.1) is 5.41 Å². The van der Waals surface area contributed by atoms with Gasteiger partial charge in [-0.25, -0.2) is 0 Å². The predicted octanol–water partition coefficient (Wildman–Crippen LogP) is 5.19. The van der Waals surface area contributed by atoms with Gasteiger partial charge in [-0.15, -0.1) is 0 Å². The topological polar surface area (TPSA) is 61.9 Å². The molecule has 0 aromatic heterocycles. The Hall–Kier alpha value is -3.02. The monoisotopic (exact) mass is 439 g/mol. The van der Waals surface area contributed by atoms with Gasteiger partial charge in [-0.1, -0.05) is 27.7 Å². The second-order valence-electron chi connectivity index (χ2n) is 9.48. The molecule has 0 aliphatic heterocycles. The lowest BCUT2D eigenvalue weighted by Gasteiger charge is -2.26. The van der Waals surface area contributed by atoms with Gasteiger partial charge in [-0.3, -0.25) is 9.59 Å². The van der Waals surface area contributed by atoms with Crippen molar-refractivity contribution in [1.29, 1.82) is 0 Å². The van der Waals surface area contributed by atoms with Crippen molar-refractivity contribution < 1.29 is 14.3 Å². The SMILES string of the molecule is CCCN(Cc1cc(NC(=O)CC(C)(C)C)ccc1N(C)C)C(=O)c1ccc(OC)cc1. The smallest absolute Gasteiger partial charge is 0.254 e. The Balaban J connectivity index is 2.30. The van der Waals surface area contributed by atoms with E-state index in [1.165, 1.54) is 0 Å². The summed E-state index contributed by atoms with van der Waals surface area (Å²) in [5, 5.41) is 3.01. The first-order valence-electron chi connectivity index (χ1n) is 11.1. The van der Waals surface area contributed by atoms with Crippen LogP contribution in [0.15, 0.2) is 42.5 Å². The first-order chi connectivity index (χ1) is 15.0. The van der Waals surface area contributed by atoms with Crippen molar-refractivity contribution in [2.75, 3.05) is 38.0 Å². The second-order valence-corrected chi connectivity index (χ2v) is 9.48. The number of methoxy groups -OCH3 is 1. The highest BCUT2D eigenvalue weighted by molar-refractivity contribution is 5.94. The molecule has 0 atom stereocenters. The van der Waals surface area contributed by atoms with Gasteiger partial charge in [0.05, 0.1) is 7.11 Å². The summed E-state index contributed by atoms with van der Waals surface area (Å²) >= 11 is 0. The molecule has 0 radical (unpaired) electrons. The number of amides is 2. The van der Waals surface area contributed by atoms with Crippen molar-refractivity contribution in [2.24, 2.45) is 5.41 Å². The van der Waals surface area contributed by atoms with E-state index in [-0.39, 0.29) is 17.2 Å². The van der Waals surface area contributed by atoms with E-state index in [2.05, 4.69) is 12.2 Å². The average Bonchev–Trinajstić information content (AvgIpc) is 2.71. The molecule has 2 rings (SSSR count). The molecule has 32 heavy (non-hydrogen) atoms. The van der Waals surface area contributed by atoms with Crippen LogP contribution >= 0.6 is 0 Å². The Kier molecular flexibility index (Phi) is 8.70. The van der Waals surface area contributed by atoms with Crippen LogP contribution in [0.25, 0.3) is 0 Å². The van der Waals surface area contributed by atoms with Gasteiger partial charge in [0.25, 0.3) is 5.91 Å². The number of rotatable bonds is 9. The molecule has 6 heteroatoms. The number of hydrogen-bond donors (Lipinski definition) is 1. The van der Waals surface area contributed by atoms with Crippen molar-refractivity contribution in [1.82, 2.24) is 4.90 Å². The zero-order valence-corrected chi connectivity index (χ0v) is 20.5. The van der Waals surface area contributed by atoms with E-state index in [1.807, 2.05) is 62.9 Å². The van der Waals surface area contributed by atoms with Crippen LogP contribution in [0.3, 0.4) is 0 Å². The molecular weight excluding hydrogens is 402 g/mol. The van der Waals surface area contributed by atoms with E-state index in [0.717, 1.165) is 29.1 Å². The van der Waals surface area contributed by atoms with Crippen molar-refractivity contribution in [3.8, 4) is 5.75 Å². The first kappa shape index (κ1) is 25.2. The van der Waals surface area contributed by atoms with Crippen LogP contribution in [-0.4, -0.2) is 44.5 Å². The van der Waals surface area contributed by atoms with E-state index in [4.69, 9.17) is 4.74 Å². The van der Waals surface area contributed by atoms with Gasteiger partial charge in [0.15, 0.2) is 0 Å². The quantitative estimate of drug-likeness (QED) is 0.584. The minimum absolute atomic E-state index is 0.0132. The number of hydrogen-bond acceptors (Lipinski definition) is 4. The Morgan fingerprint density at radius 3 is 2.22 bits per heavy atom. The third-order valence-electron chi connectivity index (χ3n) is 5.01. The fraction of sp³-hybridized carbons (Fsp3) is 0.462. The highest BCUT2D eigenvalue weighted by Gasteiger charge is 2.20. The summed E-state index contributed by atoms with van der Waals surface area (Å²) in [6, 6.07) is 13.1. The molecule has 2 aromatic rings. The number of nitrogens with one attached hydrogen (secondary N) is 1. The lowest BCUT2D eigenvalue weighted by molar-refractivity contribution is -0.117. The van der Waals surface area contributed by atoms with Crippen LogP contribution in [0.4, 0.5) is 11.4 Å². The Morgan fingerprint density at radius 1 is 1.03 bits per heavy atom. The zero-order valence-electron chi connectivity index (χ0n) is 20.5. The van der Waals surface area contributed by atoms with Crippen LogP contribution in [0.2, 0.25) is 0 Å². The molecule has 174 valence electrons. The molecule has 0 aliphatic carbocycles. The summed E-state index contributed by atoms with van der Waals surface area (Å²) in [7, 11) is 5.56. The summed E-state index contributed by atoms with van der Waals surface area (Å²) in [4.78, 5) is 29.6. The van der Waals surface area contributed by atoms with Gasteiger partial charge < -0.3 is 19.9 Å². The Morgan fingerprint density at radius 2 is 1.69 bits per heavy atom. The van der Waals surface area contributed by atoms with E-state index in [9.17, 15) is 9.59 Å². The van der Waals surface area contributed by atoms with Crippen molar-refractivity contribution in [3.63, 3.8) is 0 Å². The summed E-state index contributed by atoms with van der Waals surface area (Å²) in [6.45, 7) is 9.28. The summed E-state index contributed by atoms with van der Waals surface area (Å²) in [5.74, 6) is 0.680. The van der Waals surface area contributed by atoms with Gasteiger partial charge in [0.2, 0.25) is 5.91 Å². The maximum absolute atomic E-state index is 13.2. The molecule has 0 spiro atoms. The largest absolute Gasteiger partial charge is 0.497 e. The third-order valence-corrected chi connectivity index (χ3v) is 5.01. The average molecular weight is 440 g/mol. The fourth-order valence-corrected chi connectivity index (χ4v) is 3.56. The highest BCUT2D eigenvalue weighted by atomic mass is 16.5. The second kappa shape index (κ2) is 11.0. The van der Waals surface area contributed by atoms with E-state index in [0.29, 0.717) is 25.1 Å². The predicted molar refractivity (Wildman–Crippen MR) is 131 cm³/mol. The van der Waals surface area contributed by atoms with Gasteiger partial charge in [0, 0.05) is 50.5 Å². The van der Waals surface area contributed by atoms with Crippen LogP contribution < -0.4 is 15.0 Å². The summed E-state index contributed by atoms with van der Waals surface area (Å²) in [6.07, 6.45) is 1.29. The van der Waals surface area contributed by atoms with E-state index < -0.39 is 0 Å². The number of anilines is 2. The standard InChI is InChI=1S/C26H37N3O3/c1-8-15-29(25(31)19-9-12-22(32-7)13-10-19)18-20-16-21(11-14-23(20)28(5)6)27-24(30)17-26(2,3)4/h9-14,16H,8,15,17-18H2,1-7H3,(H,27,30). The Labute approximate surface area is 192 Å². The molecule has 2 amide bonds. The Bertz CT molecular complexity index is 915. The normalized spacial score (nSPS) is 11.1. The number of ether oxygens (including phenoxy) is 1. The molecule has 6 nitrogen and oxygen atoms in total. The molecule has 1 N–H and O–H groups in total. The highest BCUT2D eigenvalue weighted by Crippen LogP contribution is 2.27. The van der Waals surface area contributed by atoms with Gasteiger partial charge >= 0.3 is 0 Å².